The molecule has 0 bridgehead atoms. The lowest BCUT2D eigenvalue weighted by Gasteiger charge is -2.43. The van der Waals surface area contributed by atoms with E-state index in [4.69, 9.17) is 11.5 Å². The smallest absolute Gasteiger partial charge is 0.368 e. The number of aromatic nitrogens is 1. The number of pyridine rings is 1. The first kappa shape index (κ1) is 14.6. The van der Waals surface area contributed by atoms with E-state index in [2.05, 4.69) is 11.1 Å². The first-order chi connectivity index (χ1) is 9.30. The zero-order chi connectivity index (χ0) is 14.9. The number of carbonyl (C=O) groups is 1. The SMILES string of the molecule is NC(=O)C1C(C(F)(F)F)CC(N)CN1c1[c]cncc1. The van der Waals surface area contributed by atoms with Crippen molar-refractivity contribution < 1.29 is 18.0 Å². The van der Waals surface area contributed by atoms with Crippen molar-refractivity contribution in [2.45, 2.75) is 24.7 Å². The first-order valence-electron chi connectivity index (χ1n) is 6.00. The van der Waals surface area contributed by atoms with Crippen LogP contribution in [0, 0.1) is 12.0 Å². The van der Waals surface area contributed by atoms with Gasteiger partial charge in [0.1, 0.15) is 6.04 Å². The van der Waals surface area contributed by atoms with Gasteiger partial charge in [0.2, 0.25) is 5.91 Å². The van der Waals surface area contributed by atoms with Crippen LogP contribution in [0.25, 0.3) is 0 Å². The Bertz CT molecular complexity index is 479. The van der Waals surface area contributed by atoms with Crippen LogP contribution in [0.4, 0.5) is 18.9 Å². The van der Waals surface area contributed by atoms with Crippen LogP contribution in [0.3, 0.4) is 0 Å². The molecule has 0 aliphatic carbocycles. The van der Waals surface area contributed by atoms with Crippen LogP contribution in [0.2, 0.25) is 0 Å². The third-order valence-electron chi connectivity index (χ3n) is 3.33. The van der Waals surface area contributed by atoms with Crippen molar-refractivity contribution in [1.29, 1.82) is 0 Å². The highest BCUT2D eigenvalue weighted by molar-refractivity contribution is 5.84. The van der Waals surface area contributed by atoms with Gasteiger partial charge < -0.3 is 16.4 Å². The minimum absolute atomic E-state index is 0.112. The molecule has 3 atom stereocenters. The lowest BCUT2D eigenvalue weighted by atomic mass is 9.85. The summed E-state index contributed by atoms with van der Waals surface area (Å²) in [6.45, 7) is 0.112. The Hall–Kier alpha value is -1.83. The molecule has 0 spiro atoms. The van der Waals surface area contributed by atoms with Crippen molar-refractivity contribution in [2.75, 3.05) is 11.4 Å². The van der Waals surface area contributed by atoms with E-state index in [0.29, 0.717) is 5.69 Å². The number of alkyl halides is 3. The molecule has 1 aromatic rings. The highest BCUT2D eigenvalue weighted by Crippen LogP contribution is 2.38. The monoisotopic (exact) mass is 287 g/mol. The Kier molecular flexibility index (Phi) is 3.85. The molecule has 1 amide bonds. The molecule has 2 rings (SSSR count). The van der Waals surface area contributed by atoms with E-state index in [9.17, 15) is 18.0 Å². The number of anilines is 1. The third kappa shape index (κ3) is 2.84. The van der Waals surface area contributed by atoms with Gasteiger partial charge in [-0.1, -0.05) is 0 Å². The highest BCUT2D eigenvalue weighted by Gasteiger charge is 2.52. The second-order valence-electron chi connectivity index (χ2n) is 4.77. The van der Waals surface area contributed by atoms with Crippen LogP contribution < -0.4 is 16.4 Å². The molecule has 1 saturated heterocycles. The predicted octanol–water partition coefficient (Wildman–Crippen LogP) is 0.452. The number of primary amides is 1. The van der Waals surface area contributed by atoms with Gasteiger partial charge in [0, 0.05) is 36.7 Å². The van der Waals surface area contributed by atoms with Crippen LogP contribution in [-0.4, -0.2) is 35.7 Å². The molecule has 3 unspecified atom stereocenters. The van der Waals surface area contributed by atoms with Crippen molar-refractivity contribution in [3.63, 3.8) is 0 Å². The molecule has 8 heteroatoms. The minimum atomic E-state index is -4.54. The molecular weight excluding hydrogens is 273 g/mol. The fraction of sp³-hybridized carbons (Fsp3) is 0.500. The number of carbonyl (C=O) groups excluding carboxylic acids is 1. The number of hydrogen-bond donors (Lipinski definition) is 2. The summed E-state index contributed by atoms with van der Waals surface area (Å²) in [4.78, 5) is 16.5. The molecule has 2 heterocycles. The molecule has 1 fully saturated rings. The highest BCUT2D eigenvalue weighted by atomic mass is 19.4. The van der Waals surface area contributed by atoms with Crippen LogP contribution in [0.1, 0.15) is 6.42 Å². The van der Waals surface area contributed by atoms with Gasteiger partial charge in [0.15, 0.2) is 0 Å². The Labute approximate surface area is 113 Å². The molecule has 1 radical (unpaired) electrons. The molecule has 1 aromatic heterocycles. The van der Waals surface area contributed by atoms with Gasteiger partial charge in [-0.15, -0.1) is 0 Å². The first-order valence-corrected chi connectivity index (χ1v) is 6.00. The second-order valence-corrected chi connectivity index (χ2v) is 4.77. The fourth-order valence-corrected chi connectivity index (χ4v) is 2.51. The zero-order valence-electron chi connectivity index (χ0n) is 10.5. The van der Waals surface area contributed by atoms with Gasteiger partial charge in [-0.25, -0.2) is 0 Å². The van der Waals surface area contributed by atoms with Crippen molar-refractivity contribution in [2.24, 2.45) is 17.4 Å². The van der Waals surface area contributed by atoms with Gasteiger partial charge in [0.25, 0.3) is 0 Å². The topological polar surface area (TPSA) is 85.2 Å². The lowest BCUT2D eigenvalue weighted by Crippen LogP contribution is -2.61. The van der Waals surface area contributed by atoms with E-state index >= 15 is 0 Å². The summed E-state index contributed by atoms with van der Waals surface area (Å²) >= 11 is 0. The van der Waals surface area contributed by atoms with Gasteiger partial charge in [-0.2, -0.15) is 13.2 Å². The maximum absolute atomic E-state index is 13.1. The summed E-state index contributed by atoms with van der Waals surface area (Å²) < 4.78 is 39.3. The van der Waals surface area contributed by atoms with Gasteiger partial charge in [-0.05, 0) is 12.5 Å². The average molecular weight is 287 g/mol. The number of rotatable bonds is 2. The zero-order valence-corrected chi connectivity index (χ0v) is 10.5. The molecule has 1 aliphatic rings. The van der Waals surface area contributed by atoms with E-state index in [1.54, 1.807) is 0 Å². The van der Waals surface area contributed by atoms with Crippen LogP contribution >= 0.6 is 0 Å². The van der Waals surface area contributed by atoms with Crippen molar-refractivity contribution in [1.82, 2.24) is 4.98 Å². The number of halogens is 3. The summed E-state index contributed by atoms with van der Waals surface area (Å²) in [7, 11) is 0. The van der Waals surface area contributed by atoms with E-state index in [1.807, 2.05) is 0 Å². The van der Waals surface area contributed by atoms with Gasteiger partial charge in [0.05, 0.1) is 5.92 Å². The third-order valence-corrected chi connectivity index (χ3v) is 3.33. The maximum atomic E-state index is 13.1. The van der Waals surface area contributed by atoms with Crippen molar-refractivity contribution >= 4 is 11.6 Å². The second kappa shape index (κ2) is 5.28. The summed E-state index contributed by atoms with van der Waals surface area (Å²) in [6.07, 6.45) is -2.13. The molecule has 4 N–H and O–H groups in total. The maximum Gasteiger partial charge on any atom is 0.394 e. The van der Waals surface area contributed by atoms with E-state index < -0.39 is 30.1 Å². The minimum Gasteiger partial charge on any atom is -0.368 e. The van der Waals surface area contributed by atoms with Crippen LogP contribution in [0.15, 0.2) is 18.5 Å². The molecule has 0 saturated carbocycles. The molecule has 20 heavy (non-hydrogen) atoms. The Morgan fingerprint density at radius 3 is 2.70 bits per heavy atom. The Balaban J connectivity index is 2.40. The molecular formula is C12H14F3N4O. The van der Waals surface area contributed by atoms with Crippen LogP contribution in [-0.2, 0) is 4.79 Å². The summed E-state index contributed by atoms with van der Waals surface area (Å²) in [5.41, 5.74) is 11.2. The summed E-state index contributed by atoms with van der Waals surface area (Å²) in [5, 5.41) is 0. The largest absolute Gasteiger partial charge is 0.394 e. The quantitative estimate of drug-likeness (QED) is 0.827. The fourth-order valence-electron chi connectivity index (χ4n) is 2.51. The molecule has 109 valence electrons. The lowest BCUT2D eigenvalue weighted by molar-refractivity contribution is -0.188. The number of nitrogens with two attached hydrogens (primary N) is 2. The van der Waals surface area contributed by atoms with Crippen molar-refractivity contribution in [3.8, 4) is 0 Å². The van der Waals surface area contributed by atoms with Gasteiger partial charge >= 0.3 is 6.18 Å². The summed E-state index contributed by atoms with van der Waals surface area (Å²) in [6, 6.07) is 2.00. The number of piperidine rings is 1. The number of amides is 1. The van der Waals surface area contributed by atoms with Crippen molar-refractivity contribution in [3.05, 3.63) is 24.5 Å². The number of hydrogen-bond acceptors (Lipinski definition) is 4. The average Bonchev–Trinajstić information content (AvgIpc) is 2.37. The van der Waals surface area contributed by atoms with E-state index in [-0.39, 0.29) is 13.0 Å². The predicted molar refractivity (Wildman–Crippen MR) is 65.5 cm³/mol. The summed E-state index contributed by atoms with van der Waals surface area (Å²) in [5.74, 6) is -2.91. The number of nitrogens with zero attached hydrogens (tertiary/aromatic N) is 2. The van der Waals surface area contributed by atoms with Crippen LogP contribution in [0.5, 0.6) is 0 Å². The molecule has 5 nitrogen and oxygen atoms in total. The van der Waals surface area contributed by atoms with E-state index in [0.717, 1.165) is 0 Å². The molecule has 0 aromatic carbocycles. The standard InChI is InChI=1S/C12H14F3N4O/c13-12(14,15)9-5-7(16)6-19(10(9)11(17)20)8-1-3-18-4-2-8/h1,3-4,7,9-10H,5-6,16H2,(H2,17,20). The molecule has 1 aliphatic heterocycles. The Morgan fingerprint density at radius 1 is 1.50 bits per heavy atom. The van der Waals surface area contributed by atoms with E-state index in [1.165, 1.54) is 23.4 Å². The normalized spacial score (nSPS) is 27.4. The Morgan fingerprint density at radius 2 is 2.20 bits per heavy atom. The van der Waals surface area contributed by atoms with Gasteiger partial charge in [-0.3, -0.25) is 9.78 Å².